The summed E-state index contributed by atoms with van der Waals surface area (Å²) in [5, 5.41) is 0.555. The topological polar surface area (TPSA) is 46.6 Å². The number of carbonyl (C=O) groups is 2. The number of amides is 1. The fourth-order valence-electron chi connectivity index (χ4n) is 4.04. The van der Waals surface area contributed by atoms with Gasteiger partial charge in [-0.2, -0.15) is 0 Å². The summed E-state index contributed by atoms with van der Waals surface area (Å²) in [5.41, 5.74) is 1.06. The number of Topliss-reactive ketones (excluding diaryl/α,β-unsaturated/α-hetero) is 1. The van der Waals surface area contributed by atoms with Crippen LogP contribution < -0.4 is 4.74 Å². The number of likely N-dealkylation sites (tertiary alicyclic amines) is 1. The Kier molecular flexibility index (Phi) is 7.59. The average Bonchev–Trinajstić information content (AvgIpc) is 2.71. The van der Waals surface area contributed by atoms with Crippen molar-refractivity contribution in [2.75, 3.05) is 20.2 Å². The Balaban J connectivity index is 1.82. The van der Waals surface area contributed by atoms with Crippen molar-refractivity contribution in [3.05, 3.63) is 64.4 Å². The van der Waals surface area contributed by atoms with Crippen molar-refractivity contribution in [3.8, 4) is 5.75 Å². The first-order chi connectivity index (χ1) is 14.8. The van der Waals surface area contributed by atoms with Crippen LogP contribution in [-0.2, 0) is 16.0 Å². The predicted octanol–water partition coefficient (Wildman–Crippen LogP) is 4.89. The van der Waals surface area contributed by atoms with Crippen molar-refractivity contribution in [2.24, 2.45) is 5.92 Å². The Bertz CT molecular complexity index is 936. The highest BCUT2D eigenvalue weighted by Crippen LogP contribution is 2.38. The standard InChI is InChI=1S/C23H23ClF3NO3/c1-31-18-6-7-19(21(25)10-18)20-11-23(30)28(13-22(26)27)12-15(20)9-17(29)8-14-2-4-16(24)5-3-14/h2-7,10,15,20,22H,8-9,11-13H2,1H3. The van der Waals surface area contributed by atoms with Crippen molar-refractivity contribution < 1.29 is 27.5 Å². The highest BCUT2D eigenvalue weighted by atomic mass is 35.5. The molecule has 31 heavy (non-hydrogen) atoms. The molecule has 1 aliphatic rings. The molecule has 3 rings (SSSR count). The molecule has 8 heteroatoms. The Morgan fingerprint density at radius 2 is 1.94 bits per heavy atom. The van der Waals surface area contributed by atoms with E-state index in [-0.39, 0.29) is 37.2 Å². The van der Waals surface area contributed by atoms with Gasteiger partial charge in [-0.25, -0.2) is 13.2 Å². The van der Waals surface area contributed by atoms with E-state index in [4.69, 9.17) is 16.3 Å². The van der Waals surface area contributed by atoms with Gasteiger partial charge in [0.1, 0.15) is 17.3 Å². The molecular formula is C23H23ClF3NO3. The normalized spacial score (nSPS) is 19.0. The van der Waals surface area contributed by atoms with E-state index in [0.29, 0.717) is 10.8 Å². The maximum Gasteiger partial charge on any atom is 0.255 e. The van der Waals surface area contributed by atoms with E-state index < -0.39 is 36.5 Å². The summed E-state index contributed by atoms with van der Waals surface area (Å²) in [7, 11) is 1.42. The summed E-state index contributed by atoms with van der Waals surface area (Å²) < 4.78 is 45.6. The number of rotatable bonds is 8. The average molecular weight is 454 g/mol. The van der Waals surface area contributed by atoms with Crippen LogP contribution in [0.25, 0.3) is 0 Å². The van der Waals surface area contributed by atoms with Crippen LogP contribution in [0, 0.1) is 11.7 Å². The quantitative estimate of drug-likeness (QED) is 0.572. The molecule has 1 amide bonds. The second-order valence-electron chi connectivity index (χ2n) is 7.69. The Hall–Kier alpha value is -2.54. The first kappa shape index (κ1) is 23.1. The summed E-state index contributed by atoms with van der Waals surface area (Å²) >= 11 is 5.87. The van der Waals surface area contributed by atoms with Gasteiger partial charge in [-0.05, 0) is 35.2 Å². The zero-order valence-electron chi connectivity index (χ0n) is 17.0. The lowest BCUT2D eigenvalue weighted by Crippen LogP contribution is -2.46. The summed E-state index contributed by atoms with van der Waals surface area (Å²) in [6.45, 7) is -0.718. The van der Waals surface area contributed by atoms with Crippen LogP contribution >= 0.6 is 11.6 Å². The zero-order valence-corrected chi connectivity index (χ0v) is 17.7. The van der Waals surface area contributed by atoms with Crippen molar-refractivity contribution in [1.82, 2.24) is 4.90 Å². The van der Waals surface area contributed by atoms with Gasteiger partial charge in [-0.3, -0.25) is 9.59 Å². The lowest BCUT2D eigenvalue weighted by molar-refractivity contribution is -0.139. The maximum absolute atomic E-state index is 14.7. The number of piperidine rings is 1. The molecule has 0 saturated carbocycles. The Morgan fingerprint density at radius 1 is 1.23 bits per heavy atom. The van der Waals surface area contributed by atoms with E-state index in [2.05, 4.69) is 0 Å². The van der Waals surface area contributed by atoms with E-state index in [1.165, 1.54) is 19.2 Å². The third kappa shape index (κ3) is 6.00. The molecule has 2 aromatic rings. The van der Waals surface area contributed by atoms with Crippen molar-refractivity contribution >= 4 is 23.3 Å². The summed E-state index contributed by atoms with van der Waals surface area (Å²) in [4.78, 5) is 26.3. The Labute approximate surface area is 183 Å². The molecule has 0 bridgehead atoms. The second kappa shape index (κ2) is 10.2. The highest BCUT2D eigenvalue weighted by molar-refractivity contribution is 6.30. The fraction of sp³-hybridized carbons (Fsp3) is 0.391. The number of ketones is 1. The number of benzene rings is 2. The molecule has 2 aromatic carbocycles. The van der Waals surface area contributed by atoms with Crippen LogP contribution in [0.3, 0.4) is 0 Å². The first-order valence-corrected chi connectivity index (χ1v) is 10.3. The predicted molar refractivity (Wildman–Crippen MR) is 111 cm³/mol. The van der Waals surface area contributed by atoms with E-state index in [0.717, 1.165) is 10.5 Å². The molecule has 0 aromatic heterocycles. The smallest absolute Gasteiger partial charge is 0.255 e. The van der Waals surface area contributed by atoms with Gasteiger partial charge < -0.3 is 9.64 Å². The molecule has 1 saturated heterocycles. The second-order valence-corrected chi connectivity index (χ2v) is 8.13. The number of hydrogen-bond donors (Lipinski definition) is 0. The van der Waals surface area contributed by atoms with Gasteiger partial charge in [0.05, 0.1) is 13.7 Å². The SMILES string of the molecule is COc1ccc(C2CC(=O)N(CC(F)F)CC2CC(=O)Cc2ccc(Cl)cc2)c(F)c1. The minimum absolute atomic E-state index is 0.0222. The number of nitrogens with zero attached hydrogens (tertiary/aromatic N) is 1. The van der Waals surface area contributed by atoms with Crippen LogP contribution in [0.5, 0.6) is 5.75 Å². The number of ether oxygens (including phenoxy) is 1. The molecule has 2 unspecified atom stereocenters. The van der Waals surface area contributed by atoms with Gasteiger partial charge >= 0.3 is 0 Å². The van der Waals surface area contributed by atoms with Crippen LogP contribution in [0.15, 0.2) is 42.5 Å². The third-order valence-electron chi connectivity index (χ3n) is 5.54. The van der Waals surface area contributed by atoms with Gasteiger partial charge in [0.25, 0.3) is 6.43 Å². The first-order valence-electron chi connectivity index (χ1n) is 9.92. The number of halogens is 4. The monoisotopic (exact) mass is 453 g/mol. The molecule has 0 aliphatic carbocycles. The lowest BCUT2D eigenvalue weighted by Gasteiger charge is -2.38. The van der Waals surface area contributed by atoms with E-state index in [1.807, 2.05) is 0 Å². The molecule has 1 aliphatic heterocycles. The van der Waals surface area contributed by atoms with Gasteiger partial charge in [0, 0.05) is 42.8 Å². The number of alkyl halides is 2. The summed E-state index contributed by atoms with van der Waals surface area (Å²) in [6, 6.07) is 11.2. The number of hydrogen-bond acceptors (Lipinski definition) is 3. The van der Waals surface area contributed by atoms with E-state index >= 15 is 0 Å². The fourth-order valence-corrected chi connectivity index (χ4v) is 4.17. The molecule has 0 N–H and O–H groups in total. The summed E-state index contributed by atoms with van der Waals surface area (Å²) in [6.07, 6.45) is -2.61. The highest BCUT2D eigenvalue weighted by Gasteiger charge is 2.38. The van der Waals surface area contributed by atoms with Gasteiger partial charge in [-0.15, -0.1) is 0 Å². The summed E-state index contributed by atoms with van der Waals surface area (Å²) in [5.74, 6) is -1.85. The van der Waals surface area contributed by atoms with Crippen molar-refractivity contribution in [2.45, 2.75) is 31.6 Å². The molecule has 0 radical (unpaired) electrons. The molecule has 2 atom stereocenters. The van der Waals surface area contributed by atoms with Crippen molar-refractivity contribution in [1.29, 1.82) is 0 Å². The van der Waals surface area contributed by atoms with Crippen LogP contribution in [0.4, 0.5) is 13.2 Å². The van der Waals surface area contributed by atoms with Crippen molar-refractivity contribution in [3.63, 3.8) is 0 Å². The molecule has 166 valence electrons. The molecule has 0 spiro atoms. The lowest BCUT2D eigenvalue weighted by atomic mass is 9.77. The van der Waals surface area contributed by atoms with Gasteiger partial charge in [0.15, 0.2) is 0 Å². The van der Waals surface area contributed by atoms with Crippen LogP contribution in [-0.4, -0.2) is 43.2 Å². The van der Waals surface area contributed by atoms with Crippen LogP contribution in [0.1, 0.15) is 29.9 Å². The molecule has 1 fully saturated rings. The van der Waals surface area contributed by atoms with E-state index in [1.54, 1.807) is 30.3 Å². The van der Waals surface area contributed by atoms with E-state index in [9.17, 15) is 22.8 Å². The molecule has 4 nitrogen and oxygen atoms in total. The maximum atomic E-state index is 14.7. The van der Waals surface area contributed by atoms with Crippen LogP contribution in [0.2, 0.25) is 5.02 Å². The zero-order chi connectivity index (χ0) is 22.5. The largest absolute Gasteiger partial charge is 0.497 e. The van der Waals surface area contributed by atoms with Gasteiger partial charge in [0.2, 0.25) is 5.91 Å². The molecular weight excluding hydrogens is 431 g/mol. The number of methoxy groups -OCH3 is 1. The minimum Gasteiger partial charge on any atom is -0.497 e. The number of carbonyl (C=O) groups excluding carboxylic acids is 2. The van der Waals surface area contributed by atoms with Gasteiger partial charge in [-0.1, -0.05) is 29.8 Å². The minimum atomic E-state index is -2.68. The Morgan fingerprint density at radius 3 is 2.55 bits per heavy atom. The molecule has 1 heterocycles. The third-order valence-corrected chi connectivity index (χ3v) is 5.79.